The fourth-order valence-electron chi connectivity index (χ4n) is 1.88. The Morgan fingerprint density at radius 1 is 1.32 bits per heavy atom. The average Bonchev–Trinajstić information content (AvgIpc) is 2.91. The van der Waals surface area contributed by atoms with Gasteiger partial charge in [-0.25, -0.2) is 0 Å². The first kappa shape index (κ1) is 13.2. The van der Waals surface area contributed by atoms with Crippen LogP contribution in [0.5, 0.6) is 0 Å². The lowest BCUT2D eigenvalue weighted by molar-refractivity contribution is 0.0956. The number of hydrogen-bond acceptors (Lipinski definition) is 2. The van der Waals surface area contributed by atoms with E-state index in [-0.39, 0.29) is 5.91 Å². The third-order valence-electron chi connectivity index (χ3n) is 2.97. The van der Waals surface area contributed by atoms with Gasteiger partial charge in [-0.2, -0.15) is 0 Å². The van der Waals surface area contributed by atoms with Gasteiger partial charge < -0.3 is 15.6 Å². The second kappa shape index (κ2) is 6.09. The average molecular weight is 257 g/mol. The predicted octanol–water partition coefficient (Wildman–Crippen LogP) is 2.68. The number of hydrogen-bond donors (Lipinski definition) is 3. The van der Waals surface area contributed by atoms with Crippen LogP contribution in [0, 0.1) is 6.92 Å². The van der Waals surface area contributed by atoms with Gasteiger partial charge in [0.2, 0.25) is 0 Å². The van der Waals surface area contributed by atoms with Crippen LogP contribution in [0.1, 0.15) is 28.5 Å². The summed E-state index contributed by atoms with van der Waals surface area (Å²) >= 11 is 0. The lowest BCUT2D eigenvalue weighted by atomic mass is 10.1. The Hall–Kier alpha value is -2.23. The van der Waals surface area contributed by atoms with E-state index in [1.165, 1.54) is 0 Å². The van der Waals surface area contributed by atoms with Crippen molar-refractivity contribution in [3.05, 3.63) is 53.3 Å². The molecule has 0 unspecified atom stereocenters. The van der Waals surface area contributed by atoms with Crippen LogP contribution in [0.25, 0.3) is 0 Å². The number of carbonyl (C=O) groups excluding carboxylic acids is 1. The summed E-state index contributed by atoms with van der Waals surface area (Å²) in [6.45, 7) is 5.29. The van der Waals surface area contributed by atoms with Crippen LogP contribution in [0.4, 0.5) is 5.69 Å². The number of anilines is 1. The normalized spacial score (nSPS) is 10.2. The second-order valence-corrected chi connectivity index (χ2v) is 4.44. The van der Waals surface area contributed by atoms with Gasteiger partial charge in [-0.1, -0.05) is 6.07 Å². The summed E-state index contributed by atoms with van der Waals surface area (Å²) in [6.07, 6.45) is 1.90. The Balaban J connectivity index is 2.10. The Kier molecular flexibility index (Phi) is 4.23. The van der Waals surface area contributed by atoms with E-state index in [4.69, 9.17) is 0 Å². The van der Waals surface area contributed by atoms with Crippen molar-refractivity contribution in [3.63, 3.8) is 0 Å². The van der Waals surface area contributed by atoms with E-state index in [2.05, 4.69) is 15.6 Å². The molecule has 4 heteroatoms. The summed E-state index contributed by atoms with van der Waals surface area (Å²) in [4.78, 5) is 14.9. The van der Waals surface area contributed by atoms with Crippen LogP contribution in [0.3, 0.4) is 0 Å². The maximum Gasteiger partial charge on any atom is 0.251 e. The SMILES string of the molecule is CCNC(=O)c1ccc(C)c(NCc2ccc[nH]2)c1. The number of aryl methyl sites for hydroxylation is 1. The largest absolute Gasteiger partial charge is 0.379 e. The zero-order chi connectivity index (χ0) is 13.7. The fraction of sp³-hybridized carbons (Fsp3) is 0.267. The molecule has 2 rings (SSSR count). The summed E-state index contributed by atoms with van der Waals surface area (Å²) in [5.41, 5.74) is 3.90. The number of rotatable bonds is 5. The van der Waals surface area contributed by atoms with Crippen LogP contribution < -0.4 is 10.6 Å². The molecule has 3 N–H and O–H groups in total. The molecule has 0 fully saturated rings. The van der Waals surface area contributed by atoms with Gasteiger partial charge >= 0.3 is 0 Å². The molecule has 4 nitrogen and oxygen atoms in total. The molecule has 0 bridgehead atoms. The summed E-state index contributed by atoms with van der Waals surface area (Å²) < 4.78 is 0. The van der Waals surface area contributed by atoms with Gasteiger partial charge in [0.1, 0.15) is 0 Å². The lowest BCUT2D eigenvalue weighted by Crippen LogP contribution is -2.22. The molecule has 0 radical (unpaired) electrons. The van der Waals surface area contributed by atoms with E-state index in [0.29, 0.717) is 18.7 Å². The molecular formula is C15H19N3O. The van der Waals surface area contributed by atoms with E-state index in [9.17, 15) is 4.79 Å². The molecular weight excluding hydrogens is 238 g/mol. The third kappa shape index (κ3) is 3.37. The first-order chi connectivity index (χ1) is 9.20. The first-order valence-electron chi connectivity index (χ1n) is 6.45. The minimum Gasteiger partial charge on any atom is -0.379 e. The highest BCUT2D eigenvalue weighted by Gasteiger charge is 2.07. The molecule has 0 saturated heterocycles. The number of carbonyl (C=O) groups is 1. The van der Waals surface area contributed by atoms with Crippen molar-refractivity contribution >= 4 is 11.6 Å². The van der Waals surface area contributed by atoms with Crippen molar-refractivity contribution in [1.29, 1.82) is 0 Å². The molecule has 1 heterocycles. The molecule has 19 heavy (non-hydrogen) atoms. The second-order valence-electron chi connectivity index (χ2n) is 4.44. The molecule has 0 saturated carbocycles. The van der Waals surface area contributed by atoms with E-state index in [0.717, 1.165) is 16.9 Å². The van der Waals surface area contributed by atoms with Gasteiger partial charge in [0.15, 0.2) is 0 Å². The summed E-state index contributed by atoms with van der Waals surface area (Å²) in [5, 5.41) is 6.15. The molecule has 0 aliphatic carbocycles. The Morgan fingerprint density at radius 2 is 2.16 bits per heavy atom. The number of H-pyrrole nitrogens is 1. The minimum absolute atomic E-state index is 0.0366. The van der Waals surface area contributed by atoms with E-state index >= 15 is 0 Å². The monoisotopic (exact) mass is 257 g/mol. The maximum atomic E-state index is 11.8. The van der Waals surface area contributed by atoms with Crippen molar-refractivity contribution in [1.82, 2.24) is 10.3 Å². The fourth-order valence-corrected chi connectivity index (χ4v) is 1.88. The summed E-state index contributed by atoms with van der Waals surface area (Å²) in [7, 11) is 0. The molecule has 0 spiro atoms. The van der Waals surface area contributed by atoms with Crippen molar-refractivity contribution in [2.75, 3.05) is 11.9 Å². The molecule has 0 atom stereocenters. The molecule has 0 aliphatic heterocycles. The highest BCUT2D eigenvalue weighted by atomic mass is 16.1. The van der Waals surface area contributed by atoms with Crippen molar-refractivity contribution in [3.8, 4) is 0 Å². The van der Waals surface area contributed by atoms with Crippen molar-refractivity contribution in [2.45, 2.75) is 20.4 Å². The topological polar surface area (TPSA) is 56.9 Å². The Bertz CT molecular complexity index is 547. The van der Waals surface area contributed by atoms with Gasteiger partial charge in [-0.05, 0) is 43.7 Å². The Morgan fingerprint density at radius 3 is 2.84 bits per heavy atom. The standard InChI is InChI=1S/C15H19N3O/c1-3-16-15(19)12-7-6-11(2)14(9-12)18-10-13-5-4-8-17-13/h4-9,17-18H,3,10H2,1-2H3,(H,16,19). The number of amides is 1. The van der Waals surface area contributed by atoms with Gasteiger partial charge in [-0.3, -0.25) is 4.79 Å². The van der Waals surface area contributed by atoms with Gasteiger partial charge in [-0.15, -0.1) is 0 Å². The molecule has 1 aromatic carbocycles. The van der Waals surface area contributed by atoms with Gasteiger partial charge in [0, 0.05) is 29.7 Å². The van der Waals surface area contributed by atoms with Crippen LogP contribution >= 0.6 is 0 Å². The van der Waals surface area contributed by atoms with Crippen LogP contribution in [-0.2, 0) is 6.54 Å². The highest BCUT2D eigenvalue weighted by Crippen LogP contribution is 2.17. The number of benzene rings is 1. The smallest absolute Gasteiger partial charge is 0.251 e. The van der Waals surface area contributed by atoms with Crippen molar-refractivity contribution < 1.29 is 4.79 Å². The van der Waals surface area contributed by atoms with E-state index in [1.807, 2.05) is 50.4 Å². The first-order valence-corrected chi connectivity index (χ1v) is 6.45. The molecule has 100 valence electrons. The third-order valence-corrected chi connectivity index (χ3v) is 2.97. The van der Waals surface area contributed by atoms with E-state index < -0.39 is 0 Å². The molecule has 1 aromatic heterocycles. The van der Waals surface area contributed by atoms with Crippen molar-refractivity contribution in [2.24, 2.45) is 0 Å². The van der Waals surface area contributed by atoms with Gasteiger partial charge in [0.05, 0.1) is 6.54 Å². The summed E-state index contributed by atoms with van der Waals surface area (Å²) in [6, 6.07) is 9.69. The van der Waals surface area contributed by atoms with Crippen LogP contribution in [-0.4, -0.2) is 17.4 Å². The molecule has 0 aliphatic rings. The number of nitrogens with one attached hydrogen (secondary N) is 3. The highest BCUT2D eigenvalue weighted by molar-refractivity contribution is 5.95. The maximum absolute atomic E-state index is 11.8. The molecule has 1 amide bonds. The number of aromatic amines is 1. The van der Waals surface area contributed by atoms with Gasteiger partial charge in [0.25, 0.3) is 5.91 Å². The van der Waals surface area contributed by atoms with E-state index in [1.54, 1.807) is 0 Å². The zero-order valence-corrected chi connectivity index (χ0v) is 11.3. The summed E-state index contributed by atoms with van der Waals surface area (Å²) in [5.74, 6) is -0.0366. The lowest BCUT2D eigenvalue weighted by Gasteiger charge is -2.11. The quantitative estimate of drug-likeness (QED) is 0.771. The van der Waals surface area contributed by atoms with Crippen LogP contribution in [0.15, 0.2) is 36.5 Å². The zero-order valence-electron chi connectivity index (χ0n) is 11.3. The molecule has 2 aromatic rings. The minimum atomic E-state index is -0.0366. The predicted molar refractivity (Wildman–Crippen MR) is 77.3 cm³/mol. The Labute approximate surface area is 113 Å². The number of aromatic nitrogens is 1. The van der Waals surface area contributed by atoms with Crippen LogP contribution in [0.2, 0.25) is 0 Å².